The molecule has 0 aromatic carbocycles. The number of hydrogen-bond donors (Lipinski definition) is 1. The molecule has 90 valence electrons. The summed E-state index contributed by atoms with van der Waals surface area (Å²) in [5, 5.41) is 12.3. The Morgan fingerprint density at radius 2 is 2.33 bits per heavy atom. The van der Waals surface area contributed by atoms with Crippen molar-refractivity contribution in [3.8, 4) is 17.2 Å². The molecule has 0 radical (unpaired) electrons. The van der Waals surface area contributed by atoms with Crippen molar-refractivity contribution in [1.29, 1.82) is 5.26 Å². The van der Waals surface area contributed by atoms with E-state index in [4.69, 9.17) is 9.68 Å². The maximum atomic E-state index is 8.89. The van der Waals surface area contributed by atoms with E-state index in [-0.39, 0.29) is 0 Å². The van der Waals surface area contributed by atoms with E-state index in [1.807, 2.05) is 12.1 Å². The standard InChI is InChI=1S/C14H13N3O/c15-6-10-5-11(8-16-7-10)13-3-4-18-14(13)9-17-12-1-2-12/h3-5,7-8,12,17H,1-2,9H2. The van der Waals surface area contributed by atoms with Crippen molar-refractivity contribution in [3.05, 3.63) is 42.1 Å². The highest BCUT2D eigenvalue weighted by molar-refractivity contribution is 5.65. The molecule has 2 aromatic rings. The van der Waals surface area contributed by atoms with Crippen LogP contribution in [0.5, 0.6) is 0 Å². The van der Waals surface area contributed by atoms with Crippen LogP contribution in [0.25, 0.3) is 11.1 Å². The van der Waals surface area contributed by atoms with Gasteiger partial charge in [0.1, 0.15) is 11.8 Å². The normalized spacial score (nSPS) is 14.4. The summed E-state index contributed by atoms with van der Waals surface area (Å²) in [5.74, 6) is 0.902. The Morgan fingerprint density at radius 3 is 3.11 bits per heavy atom. The summed E-state index contributed by atoms with van der Waals surface area (Å²) >= 11 is 0. The van der Waals surface area contributed by atoms with E-state index in [9.17, 15) is 0 Å². The Hall–Kier alpha value is -2.12. The first-order valence-corrected chi connectivity index (χ1v) is 6.02. The SMILES string of the molecule is N#Cc1cncc(-c2ccoc2CNC2CC2)c1. The zero-order valence-corrected chi connectivity index (χ0v) is 9.89. The summed E-state index contributed by atoms with van der Waals surface area (Å²) in [6.45, 7) is 0.726. The van der Waals surface area contributed by atoms with Gasteiger partial charge in [-0.25, -0.2) is 0 Å². The van der Waals surface area contributed by atoms with Crippen LogP contribution in [-0.4, -0.2) is 11.0 Å². The molecule has 18 heavy (non-hydrogen) atoms. The van der Waals surface area contributed by atoms with Crippen LogP contribution >= 0.6 is 0 Å². The molecule has 1 saturated carbocycles. The smallest absolute Gasteiger partial charge is 0.125 e. The van der Waals surface area contributed by atoms with Crippen LogP contribution in [0.3, 0.4) is 0 Å². The second kappa shape index (κ2) is 4.63. The molecule has 2 heterocycles. The highest BCUT2D eigenvalue weighted by atomic mass is 16.3. The Labute approximate surface area is 105 Å². The molecule has 0 atom stereocenters. The van der Waals surface area contributed by atoms with Crippen LogP contribution in [0.1, 0.15) is 24.2 Å². The Kier molecular flexibility index (Phi) is 2.83. The van der Waals surface area contributed by atoms with Crippen LogP contribution in [0.2, 0.25) is 0 Å². The van der Waals surface area contributed by atoms with Crippen LogP contribution < -0.4 is 5.32 Å². The molecule has 1 aliphatic carbocycles. The fourth-order valence-corrected chi connectivity index (χ4v) is 1.91. The van der Waals surface area contributed by atoms with Crippen LogP contribution in [0, 0.1) is 11.3 Å². The molecule has 3 rings (SSSR count). The molecular weight excluding hydrogens is 226 g/mol. The minimum Gasteiger partial charge on any atom is -0.467 e. The molecule has 0 bridgehead atoms. The summed E-state index contributed by atoms with van der Waals surface area (Å²) in [5.41, 5.74) is 2.50. The van der Waals surface area contributed by atoms with E-state index in [1.165, 1.54) is 12.8 Å². The maximum Gasteiger partial charge on any atom is 0.125 e. The van der Waals surface area contributed by atoms with Crippen LogP contribution in [0.4, 0.5) is 0 Å². The molecule has 1 N–H and O–H groups in total. The second-order valence-corrected chi connectivity index (χ2v) is 4.49. The minimum atomic E-state index is 0.565. The van der Waals surface area contributed by atoms with Crippen molar-refractivity contribution in [3.63, 3.8) is 0 Å². The molecule has 0 spiro atoms. The monoisotopic (exact) mass is 239 g/mol. The molecule has 1 aliphatic rings. The van der Waals surface area contributed by atoms with E-state index in [0.717, 1.165) is 23.4 Å². The highest BCUT2D eigenvalue weighted by Crippen LogP contribution is 2.26. The molecule has 1 fully saturated rings. The topological polar surface area (TPSA) is 61.9 Å². The molecule has 4 heteroatoms. The van der Waals surface area contributed by atoms with Crippen molar-refractivity contribution in [2.24, 2.45) is 0 Å². The number of rotatable bonds is 4. The lowest BCUT2D eigenvalue weighted by molar-refractivity contribution is 0.483. The van der Waals surface area contributed by atoms with Crippen molar-refractivity contribution in [2.45, 2.75) is 25.4 Å². The van der Waals surface area contributed by atoms with Crippen molar-refractivity contribution < 1.29 is 4.42 Å². The molecular formula is C14H13N3O. The summed E-state index contributed by atoms with van der Waals surface area (Å²) in [6, 6.07) is 6.50. The van der Waals surface area contributed by atoms with E-state index >= 15 is 0 Å². The third-order valence-electron chi connectivity index (χ3n) is 3.05. The minimum absolute atomic E-state index is 0.565. The third kappa shape index (κ3) is 2.27. The number of aromatic nitrogens is 1. The zero-order valence-electron chi connectivity index (χ0n) is 9.89. The van der Waals surface area contributed by atoms with Crippen LogP contribution in [-0.2, 0) is 6.54 Å². The molecule has 2 aromatic heterocycles. The first-order valence-electron chi connectivity index (χ1n) is 6.02. The summed E-state index contributed by atoms with van der Waals surface area (Å²) in [6.07, 6.45) is 7.50. The lowest BCUT2D eigenvalue weighted by Crippen LogP contribution is -2.15. The van der Waals surface area contributed by atoms with Gasteiger partial charge in [-0.2, -0.15) is 5.26 Å². The van der Waals surface area contributed by atoms with Gasteiger partial charge in [0, 0.05) is 29.6 Å². The summed E-state index contributed by atoms with van der Waals surface area (Å²) < 4.78 is 5.50. The Morgan fingerprint density at radius 1 is 1.44 bits per heavy atom. The van der Waals surface area contributed by atoms with Gasteiger partial charge in [-0.3, -0.25) is 4.98 Å². The van der Waals surface area contributed by atoms with Crippen molar-refractivity contribution in [2.75, 3.05) is 0 Å². The van der Waals surface area contributed by atoms with Gasteiger partial charge in [0.05, 0.1) is 18.4 Å². The van der Waals surface area contributed by atoms with Gasteiger partial charge in [0.25, 0.3) is 0 Å². The fraction of sp³-hybridized carbons (Fsp3) is 0.286. The lowest BCUT2D eigenvalue weighted by Gasteiger charge is -2.04. The lowest BCUT2D eigenvalue weighted by atomic mass is 10.1. The predicted molar refractivity (Wildman–Crippen MR) is 66.5 cm³/mol. The van der Waals surface area contributed by atoms with E-state index in [2.05, 4.69) is 16.4 Å². The van der Waals surface area contributed by atoms with Gasteiger partial charge in [-0.05, 0) is 25.0 Å². The van der Waals surface area contributed by atoms with Gasteiger partial charge in [0.15, 0.2) is 0 Å². The maximum absolute atomic E-state index is 8.89. The summed E-state index contributed by atoms with van der Waals surface area (Å²) in [4.78, 5) is 4.08. The quantitative estimate of drug-likeness (QED) is 0.890. The number of nitrogens with one attached hydrogen (secondary N) is 1. The predicted octanol–water partition coefficient (Wildman–Crippen LogP) is 2.47. The summed E-state index contributed by atoms with van der Waals surface area (Å²) in [7, 11) is 0. The van der Waals surface area contributed by atoms with Gasteiger partial charge < -0.3 is 9.73 Å². The van der Waals surface area contributed by atoms with E-state index < -0.39 is 0 Å². The van der Waals surface area contributed by atoms with Crippen LogP contribution in [0.15, 0.2) is 35.2 Å². The van der Waals surface area contributed by atoms with Gasteiger partial charge in [-0.15, -0.1) is 0 Å². The van der Waals surface area contributed by atoms with Gasteiger partial charge in [0.2, 0.25) is 0 Å². The molecule has 0 unspecified atom stereocenters. The highest BCUT2D eigenvalue weighted by Gasteiger charge is 2.21. The van der Waals surface area contributed by atoms with Crippen molar-refractivity contribution in [1.82, 2.24) is 10.3 Å². The fourth-order valence-electron chi connectivity index (χ4n) is 1.91. The number of hydrogen-bond acceptors (Lipinski definition) is 4. The average molecular weight is 239 g/mol. The van der Waals surface area contributed by atoms with Crippen molar-refractivity contribution >= 4 is 0 Å². The van der Waals surface area contributed by atoms with Gasteiger partial charge >= 0.3 is 0 Å². The molecule has 4 nitrogen and oxygen atoms in total. The Bertz CT molecular complexity index is 593. The van der Waals surface area contributed by atoms with E-state index in [1.54, 1.807) is 18.7 Å². The first kappa shape index (κ1) is 11.0. The molecule has 0 saturated heterocycles. The second-order valence-electron chi connectivity index (χ2n) is 4.49. The van der Waals surface area contributed by atoms with E-state index in [0.29, 0.717) is 11.6 Å². The largest absolute Gasteiger partial charge is 0.467 e. The number of pyridine rings is 1. The number of nitrogens with zero attached hydrogens (tertiary/aromatic N) is 2. The Balaban J connectivity index is 1.85. The molecule has 0 aliphatic heterocycles. The molecule has 0 amide bonds. The average Bonchev–Trinajstić information content (AvgIpc) is 3.13. The number of furan rings is 1. The third-order valence-corrected chi connectivity index (χ3v) is 3.05. The zero-order chi connectivity index (χ0) is 12.4. The first-order chi connectivity index (χ1) is 8.86. The van der Waals surface area contributed by atoms with Gasteiger partial charge in [-0.1, -0.05) is 0 Å². The number of nitriles is 1.